The first-order valence-electron chi connectivity index (χ1n) is 20.1. The number of piperazine rings is 2. The average molecular weight is 803 g/mol. The summed E-state index contributed by atoms with van der Waals surface area (Å²) in [6.45, 7) is 17.7. The molecule has 17 heteroatoms. The van der Waals surface area contributed by atoms with E-state index in [1.165, 1.54) is 10.6 Å². The number of hydrogen-bond acceptors (Lipinski definition) is 11. The molecule has 2 aromatic rings. The number of amides is 4. The standard InChI is InChI=1S/C20H32N4O5S.C19H30N4O3/c1-20(2,3)18-14-15(21-29-18)13-17(25)16-7-5-6-8-24(16)19(26)22-9-11-23(12-10-22)30(4,27)28;1-19(2,3)17-13-14(21-26-17)12-16(24)15-6-4-5-9-23(15)18(25)22-10-7-20-8-11-22/h14,16H,5-13H2,1-4H3;13,15,20H,4-12H2,1-3H3/t16-;15-/m00/s1. The number of urea groups is 2. The lowest BCUT2D eigenvalue weighted by molar-refractivity contribution is -0.124. The number of sulfonamides is 1. The molecule has 4 aliphatic heterocycles. The van der Waals surface area contributed by atoms with Crippen LogP contribution in [-0.2, 0) is 43.3 Å². The molecule has 312 valence electrons. The Morgan fingerprint density at radius 2 is 1.07 bits per heavy atom. The quantitative estimate of drug-likeness (QED) is 0.432. The molecular formula is C39H62N8O8S. The van der Waals surface area contributed by atoms with Gasteiger partial charge in [0.1, 0.15) is 11.5 Å². The van der Waals surface area contributed by atoms with Crippen LogP contribution in [0.2, 0.25) is 0 Å². The third-order valence-electron chi connectivity index (χ3n) is 10.9. The highest BCUT2D eigenvalue weighted by Crippen LogP contribution is 2.27. The summed E-state index contributed by atoms with van der Waals surface area (Å²) >= 11 is 0. The van der Waals surface area contributed by atoms with Crippen LogP contribution >= 0.6 is 0 Å². The van der Waals surface area contributed by atoms with Crippen molar-refractivity contribution in [3.05, 3.63) is 35.0 Å². The highest BCUT2D eigenvalue weighted by Gasteiger charge is 2.38. The predicted octanol–water partition coefficient (Wildman–Crippen LogP) is 3.60. The van der Waals surface area contributed by atoms with Gasteiger partial charge in [-0.25, -0.2) is 18.0 Å². The summed E-state index contributed by atoms with van der Waals surface area (Å²) in [5.41, 5.74) is 0.920. The molecular weight excluding hydrogens is 741 g/mol. The van der Waals surface area contributed by atoms with Crippen LogP contribution in [0.3, 0.4) is 0 Å². The van der Waals surface area contributed by atoms with Crippen molar-refractivity contribution in [1.29, 1.82) is 0 Å². The number of carbonyl (C=O) groups excluding carboxylic acids is 4. The van der Waals surface area contributed by atoms with Crippen molar-refractivity contribution in [2.24, 2.45) is 0 Å². The molecule has 1 N–H and O–H groups in total. The number of nitrogens with zero attached hydrogens (tertiary/aromatic N) is 7. The molecule has 4 saturated heterocycles. The van der Waals surface area contributed by atoms with Crippen LogP contribution in [0.1, 0.15) is 103 Å². The van der Waals surface area contributed by atoms with Crippen molar-refractivity contribution < 1.29 is 36.6 Å². The van der Waals surface area contributed by atoms with E-state index in [1.807, 2.05) is 58.6 Å². The molecule has 4 aliphatic rings. The number of likely N-dealkylation sites (tertiary alicyclic amines) is 2. The lowest BCUT2D eigenvalue weighted by atomic mass is 9.92. The predicted molar refractivity (Wildman–Crippen MR) is 210 cm³/mol. The molecule has 4 amide bonds. The number of hydrogen-bond donors (Lipinski definition) is 1. The molecule has 16 nitrogen and oxygen atoms in total. The minimum atomic E-state index is -3.26. The van der Waals surface area contributed by atoms with E-state index >= 15 is 0 Å². The van der Waals surface area contributed by atoms with E-state index in [2.05, 4.69) is 15.6 Å². The zero-order chi connectivity index (χ0) is 40.8. The maximum atomic E-state index is 13.1. The van der Waals surface area contributed by atoms with Gasteiger partial charge in [-0.2, -0.15) is 4.31 Å². The van der Waals surface area contributed by atoms with Gasteiger partial charge >= 0.3 is 12.1 Å². The highest BCUT2D eigenvalue weighted by molar-refractivity contribution is 7.88. The number of carbonyl (C=O) groups is 4. The van der Waals surface area contributed by atoms with E-state index in [-0.39, 0.29) is 66.4 Å². The molecule has 6 heterocycles. The van der Waals surface area contributed by atoms with Crippen LogP contribution in [0.5, 0.6) is 0 Å². The van der Waals surface area contributed by atoms with Gasteiger partial charge in [-0.15, -0.1) is 0 Å². The van der Waals surface area contributed by atoms with Crippen molar-refractivity contribution in [2.45, 2.75) is 116 Å². The maximum Gasteiger partial charge on any atom is 0.320 e. The Labute approximate surface area is 331 Å². The molecule has 56 heavy (non-hydrogen) atoms. The fraction of sp³-hybridized carbons (Fsp3) is 0.744. The monoisotopic (exact) mass is 802 g/mol. The van der Waals surface area contributed by atoms with E-state index < -0.39 is 16.1 Å². The van der Waals surface area contributed by atoms with Gasteiger partial charge in [-0.3, -0.25) is 9.59 Å². The molecule has 2 aromatic heterocycles. The van der Waals surface area contributed by atoms with Crippen molar-refractivity contribution in [3.63, 3.8) is 0 Å². The Morgan fingerprint density at radius 3 is 1.45 bits per heavy atom. The number of piperidine rings is 2. The summed E-state index contributed by atoms with van der Waals surface area (Å²) in [6, 6.07) is 2.67. The number of aromatic nitrogens is 2. The molecule has 0 bridgehead atoms. The van der Waals surface area contributed by atoms with E-state index in [0.717, 1.165) is 56.7 Å². The van der Waals surface area contributed by atoms with Crippen molar-refractivity contribution >= 4 is 33.7 Å². The van der Waals surface area contributed by atoms with E-state index in [0.29, 0.717) is 57.1 Å². The minimum absolute atomic E-state index is 0.0000772. The van der Waals surface area contributed by atoms with Crippen molar-refractivity contribution in [2.75, 3.05) is 71.7 Å². The molecule has 0 spiro atoms. The number of rotatable bonds is 7. The number of ketones is 2. The van der Waals surface area contributed by atoms with Crippen LogP contribution in [0.15, 0.2) is 21.2 Å². The largest absolute Gasteiger partial charge is 0.361 e. The third-order valence-corrected chi connectivity index (χ3v) is 12.2. The molecule has 0 aromatic carbocycles. The normalized spacial score (nSPS) is 21.7. The van der Waals surface area contributed by atoms with E-state index in [1.54, 1.807) is 14.7 Å². The minimum Gasteiger partial charge on any atom is -0.361 e. The van der Waals surface area contributed by atoms with Gasteiger partial charge in [0.25, 0.3) is 0 Å². The Hall–Kier alpha value is -3.83. The first kappa shape index (κ1) is 43.3. The summed E-state index contributed by atoms with van der Waals surface area (Å²) in [7, 11) is -3.26. The Balaban J connectivity index is 0.000000216. The van der Waals surface area contributed by atoms with Crippen LogP contribution in [0.25, 0.3) is 0 Å². The summed E-state index contributed by atoms with van der Waals surface area (Å²) in [4.78, 5) is 58.9. The molecule has 0 saturated carbocycles. The van der Waals surface area contributed by atoms with Gasteiger partial charge in [0.15, 0.2) is 11.6 Å². The van der Waals surface area contributed by atoms with Gasteiger partial charge in [0.05, 0.1) is 42.6 Å². The fourth-order valence-corrected chi connectivity index (χ4v) is 8.34. The summed E-state index contributed by atoms with van der Waals surface area (Å²) in [5, 5.41) is 11.4. The molecule has 4 fully saturated rings. The second kappa shape index (κ2) is 18.2. The first-order chi connectivity index (χ1) is 26.3. The smallest absolute Gasteiger partial charge is 0.320 e. The topological polar surface area (TPSA) is 183 Å². The average Bonchev–Trinajstić information content (AvgIpc) is 3.85. The fourth-order valence-electron chi connectivity index (χ4n) is 7.51. The molecule has 0 aliphatic carbocycles. The Morgan fingerprint density at radius 1 is 0.661 bits per heavy atom. The van der Waals surface area contributed by atoms with E-state index in [4.69, 9.17) is 9.05 Å². The zero-order valence-corrected chi connectivity index (χ0v) is 35.2. The first-order valence-corrected chi connectivity index (χ1v) is 21.9. The molecule has 6 rings (SSSR count). The third kappa shape index (κ3) is 11.2. The van der Waals surface area contributed by atoms with Crippen LogP contribution in [0, 0.1) is 0 Å². The van der Waals surface area contributed by atoms with Crippen LogP contribution < -0.4 is 5.32 Å². The zero-order valence-electron chi connectivity index (χ0n) is 34.3. The van der Waals surface area contributed by atoms with Gasteiger partial charge in [-0.05, 0) is 38.5 Å². The highest BCUT2D eigenvalue weighted by atomic mass is 32.2. The van der Waals surface area contributed by atoms with Gasteiger partial charge in [0, 0.05) is 88.4 Å². The van der Waals surface area contributed by atoms with Crippen molar-refractivity contribution in [3.8, 4) is 0 Å². The number of nitrogens with one attached hydrogen (secondary N) is 1. The Bertz CT molecular complexity index is 1780. The summed E-state index contributed by atoms with van der Waals surface area (Å²) < 4.78 is 35.5. The summed E-state index contributed by atoms with van der Waals surface area (Å²) in [5.74, 6) is 1.52. The second-order valence-corrected chi connectivity index (χ2v) is 19.5. The second-order valence-electron chi connectivity index (χ2n) is 17.5. The summed E-state index contributed by atoms with van der Waals surface area (Å²) in [6.07, 6.45) is 6.60. The maximum absolute atomic E-state index is 13.1. The number of Topliss-reactive ketones (excluding diaryl/α,β-unsaturated/α-hetero) is 2. The van der Waals surface area contributed by atoms with Crippen LogP contribution in [0.4, 0.5) is 9.59 Å². The SMILES string of the molecule is CC(C)(C)c1cc(CC(=O)[C@@H]2CCCCN2C(=O)N2CCN(S(C)(=O)=O)CC2)no1.CC(C)(C)c1cc(CC(=O)[C@@H]2CCCCN2C(=O)N2CCNCC2)no1. The Kier molecular flexibility index (Phi) is 14.1. The van der Waals surface area contributed by atoms with Gasteiger partial charge < -0.3 is 34.0 Å². The molecule has 2 atom stereocenters. The van der Waals surface area contributed by atoms with Crippen molar-refractivity contribution in [1.82, 2.24) is 39.5 Å². The lowest BCUT2D eigenvalue weighted by Crippen LogP contribution is -2.58. The van der Waals surface area contributed by atoms with E-state index in [9.17, 15) is 27.6 Å². The van der Waals surface area contributed by atoms with Crippen LogP contribution in [-0.4, -0.2) is 150 Å². The molecule has 0 radical (unpaired) electrons. The van der Waals surface area contributed by atoms with Gasteiger partial charge in [0.2, 0.25) is 10.0 Å². The molecule has 0 unspecified atom stereocenters. The lowest BCUT2D eigenvalue weighted by Gasteiger charge is -2.40. The van der Waals surface area contributed by atoms with Gasteiger partial charge in [-0.1, -0.05) is 51.9 Å².